The zero-order valence-corrected chi connectivity index (χ0v) is 14.8. The van der Waals surface area contributed by atoms with Crippen LogP contribution in [0, 0.1) is 0 Å². The molecule has 7 heteroatoms. The number of halogens is 1. The first kappa shape index (κ1) is 15.3. The number of benzene rings is 1. The molecule has 1 aliphatic rings. The summed E-state index contributed by atoms with van der Waals surface area (Å²) in [5.41, 5.74) is 0.721. The number of anilines is 1. The van der Waals surface area contributed by atoms with Gasteiger partial charge in [-0.25, -0.2) is 15.0 Å². The number of rotatable bonds is 2. The van der Waals surface area contributed by atoms with Gasteiger partial charge in [0.1, 0.15) is 5.82 Å². The molecule has 4 rings (SSSR count). The standard InChI is InChI=1S/C17H16BrN5O/c1-22-15(21-13-6-3-2-5-12(13)16(22)24)14-7-4-8-23(14)17-19-9-11(18)10-20-17/h2-3,5-6,9-10,14H,4,7-8H2,1H3. The molecule has 0 amide bonds. The lowest BCUT2D eigenvalue weighted by molar-refractivity contribution is 0.603. The average Bonchev–Trinajstić information content (AvgIpc) is 3.08. The van der Waals surface area contributed by atoms with Crippen molar-refractivity contribution in [2.24, 2.45) is 7.05 Å². The van der Waals surface area contributed by atoms with Crippen LogP contribution in [0.15, 0.2) is 45.9 Å². The van der Waals surface area contributed by atoms with E-state index in [-0.39, 0.29) is 11.6 Å². The fraction of sp³-hybridized carbons (Fsp3) is 0.294. The summed E-state index contributed by atoms with van der Waals surface area (Å²) >= 11 is 3.36. The van der Waals surface area contributed by atoms with Gasteiger partial charge >= 0.3 is 0 Å². The van der Waals surface area contributed by atoms with E-state index in [0.29, 0.717) is 11.3 Å². The van der Waals surface area contributed by atoms with Gasteiger partial charge in [0.2, 0.25) is 5.95 Å². The lowest BCUT2D eigenvalue weighted by Crippen LogP contribution is -2.31. The van der Waals surface area contributed by atoms with Crippen molar-refractivity contribution in [3.8, 4) is 0 Å². The molecule has 1 aliphatic heterocycles. The topological polar surface area (TPSA) is 63.9 Å². The second-order valence-corrected chi connectivity index (χ2v) is 6.82. The smallest absolute Gasteiger partial charge is 0.261 e. The second kappa shape index (κ2) is 5.98. The maximum absolute atomic E-state index is 12.7. The average molecular weight is 386 g/mol. The van der Waals surface area contributed by atoms with E-state index in [0.717, 1.165) is 35.2 Å². The van der Waals surface area contributed by atoms with Crippen molar-refractivity contribution in [2.45, 2.75) is 18.9 Å². The Morgan fingerprint density at radius 3 is 2.75 bits per heavy atom. The van der Waals surface area contributed by atoms with Gasteiger partial charge < -0.3 is 4.90 Å². The van der Waals surface area contributed by atoms with Crippen LogP contribution in [0.3, 0.4) is 0 Å². The summed E-state index contributed by atoms with van der Waals surface area (Å²) in [6, 6.07) is 7.48. The van der Waals surface area contributed by atoms with E-state index in [1.807, 2.05) is 24.3 Å². The summed E-state index contributed by atoms with van der Waals surface area (Å²) in [4.78, 5) is 28.4. The van der Waals surface area contributed by atoms with Crippen molar-refractivity contribution < 1.29 is 0 Å². The van der Waals surface area contributed by atoms with Crippen molar-refractivity contribution in [3.63, 3.8) is 0 Å². The van der Waals surface area contributed by atoms with E-state index in [2.05, 4.69) is 30.8 Å². The molecule has 1 fully saturated rings. The highest BCUT2D eigenvalue weighted by atomic mass is 79.9. The summed E-state index contributed by atoms with van der Waals surface area (Å²) in [5, 5.41) is 0.646. The minimum atomic E-state index is -0.0147. The molecule has 1 aromatic carbocycles. The van der Waals surface area contributed by atoms with Crippen LogP contribution in [0.5, 0.6) is 0 Å². The summed E-state index contributed by atoms with van der Waals surface area (Å²) in [7, 11) is 1.79. The van der Waals surface area contributed by atoms with Gasteiger partial charge in [0.15, 0.2) is 0 Å². The Kier molecular flexibility index (Phi) is 3.80. The third kappa shape index (κ3) is 2.49. The third-order valence-electron chi connectivity index (χ3n) is 4.43. The Hall–Kier alpha value is -2.28. The van der Waals surface area contributed by atoms with Gasteiger partial charge in [0.25, 0.3) is 5.56 Å². The quantitative estimate of drug-likeness (QED) is 0.678. The fourth-order valence-corrected chi connectivity index (χ4v) is 3.47. The molecule has 0 N–H and O–H groups in total. The van der Waals surface area contributed by atoms with Gasteiger partial charge in [-0.05, 0) is 40.9 Å². The van der Waals surface area contributed by atoms with Crippen LogP contribution in [0.4, 0.5) is 5.95 Å². The summed E-state index contributed by atoms with van der Waals surface area (Å²) in [6.07, 6.45) is 5.43. The highest BCUT2D eigenvalue weighted by Crippen LogP contribution is 2.33. The van der Waals surface area contributed by atoms with Crippen molar-refractivity contribution >= 4 is 32.8 Å². The number of fused-ring (bicyclic) bond motifs is 1. The molecular weight excluding hydrogens is 370 g/mol. The summed E-state index contributed by atoms with van der Waals surface area (Å²) in [5.74, 6) is 1.44. The molecule has 1 saturated heterocycles. The van der Waals surface area contributed by atoms with Crippen molar-refractivity contribution in [1.29, 1.82) is 0 Å². The first-order valence-electron chi connectivity index (χ1n) is 7.85. The molecule has 0 bridgehead atoms. The molecule has 24 heavy (non-hydrogen) atoms. The Balaban J connectivity index is 1.82. The number of nitrogens with zero attached hydrogens (tertiary/aromatic N) is 5. The Morgan fingerprint density at radius 1 is 1.21 bits per heavy atom. The third-order valence-corrected chi connectivity index (χ3v) is 4.84. The zero-order valence-electron chi connectivity index (χ0n) is 13.2. The molecule has 2 aromatic heterocycles. The van der Waals surface area contributed by atoms with E-state index in [1.165, 1.54) is 0 Å². The monoisotopic (exact) mass is 385 g/mol. The molecule has 3 aromatic rings. The van der Waals surface area contributed by atoms with Gasteiger partial charge in [-0.3, -0.25) is 9.36 Å². The normalized spacial score (nSPS) is 17.6. The van der Waals surface area contributed by atoms with Crippen molar-refractivity contribution in [1.82, 2.24) is 19.5 Å². The van der Waals surface area contributed by atoms with Crippen LogP contribution in [0.1, 0.15) is 24.7 Å². The Morgan fingerprint density at radius 2 is 1.96 bits per heavy atom. The predicted octanol–water partition coefficient (Wildman–Crippen LogP) is 2.83. The van der Waals surface area contributed by atoms with Crippen molar-refractivity contribution in [3.05, 3.63) is 57.3 Å². The van der Waals surface area contributed by atoms with Gasteiger partial charge in [-0.2, -0.15) is 0 Å². The summed E-state index contributed by atoms with van der Waals surface area (Å²) in [6.45, 7) is 0.856. The van der Waals surface area contributed by atoms with Gasteiger partial charge in [0.05, 0.1) is 21.4 Å². The predicted molar refractivity (Wildman–Crippen MR) is 96.0 cm³/mol. The lowest BCUT2D eigenvalue weighted by atomic mass is 10.1. The minimum Gasteiger partial charge on any atom is -0.331 e. The lowest BCUT2D eigenvalue weighted by Gasteiger charge is -2.25. The van der Waals surface area contributed by atoms with Crippen LogP contribution < -0.4 is 10.5 Å². The SMILES string of the molecule is Cn1c(C2CCCN2c2ncc(Br)cn2)nc2ccccc2c1=O. The molecule has 1 atom stereocenters. The number of para-hydroxylation sites is 1. The van der Waals surface area contributed by atoms with Gasteiger partial charge in [-0.1, -0.05) is 12.1 Å². The highest BCUT2D eigenvalue weighted by molar-refractivity contribution is 9.10. The molecule has 0 spiro atoms. The molecule has 0 aliphatic carbocycles. The minimum absolute atomic E-state index is 0.00785. The molecule has 3 heterocycles. The van der Waals surface area contributed by atoms with Crippen LogP contribution in [0.2, 0.25) is 0 Å². The Bertz CT molecular complexity index is 953. The van der Waals surface area contributed by atoms with E-state index in [4.69, 9.17) is 4.98 Å². The Labute approximate surface area is 147 Å². The van der Waals surface area contributed by atoms with Gasteiger partial charge in [0, 0.05) is 26.0 Å². The number of aromatic nitrogens is 4. The van der Waals surface area contributed by atoms with E-state index in [9.17, 15) is 4.79 Å². The molecule has 0 radical (unpaired) electrons. The molecule has 122 valence electrons. The van der Waals surface area contributed by atoms with E-state index >= 15 is 0 Å². The van der Waals surface area contributed by atoms with Crippen molar-refractivity contribution in [2.75, 3.05) is 11.4 Å². The van der Waals surface area contributed by atoms with E-state index in [1.54, 1.807) is 24.0 Å². The largest absolute Gasteiger partial charge is 0.331 e. The van der Waals surface area contributed by atoms with E-state index < -0.39 is 0 Å². The number of hydrogen-bond acceptors (Lipinski definition) is 5. The summed E-state index contributed by atoms with van der Waals surface area (Å²) < 4.78 is 2.50. The van der Waals surface area contributed by atoms with Crippen LogP contribution in [-0.2, 0) is 7.05 Å². The molecular formula is C17H16BrN5O. The highest BCUT2D eigenvalue weighted by Gasteiger charge is 2.31. The molecule has 1 unspecified atom stereocenters. The van der Waals surface area contributed by atoms with Crippen LogP contribution >= 0.6 is 15.9 Å². The number of hydrogen-bond donors (Lipinski definition) is 0. The maximum Gasteiger partial charge on any atom is 0.261 e. The second-order valence-electron chi connectivity index (χ2n) is 5.90. The fourth-order valence-electron chi connectivity index (χ4n) is 3.26. The maximum atomic E-state index is 12.7. The first-order chi connectivity index (χ1) is 11.6. The first-order valence-corrected chi connectivity index (χ1v) is 8.64. The zero-order chi connectivity index (χ0) is 16.7. The molecule has 0 saturated carbocycles. The van der Waals surface area contributed by atoms with Crippen LogP contribution in [-0.4, -0.2) is 26.1 Å². The van der Waals surface area contributed by atoms with Gasteiger partial charge in [-0.15, -0.1) is 0 Å². The molecule has 6 nitrogen and oxygen atoms in total. The van der Waals surface area contributed by atoms with Crippen LogP contribution in [0.25, 0.3) is 10.9 Å².